The van der Waals surface area contributed by atoms with Crippen molar-refractivity contribution >= 4 is 11.4 Å². The number of aliphatic hydroxyl groups is 1. The minimum atomic E-state index is -0.497. The molecule has 1 aromatic carbocycles. The van der Waals surface area contributed by atoms with Crippen molar-refractivity contribution in [2.24, 2.45) is 0 Å². The van der Waals surface area contributed by atoms with Crippen molar-refractivity contribution in [2.75, 3.05) is 7.05 Å². The van der Waals surface area contributed by atoms with E-state index in [1.807, 2.05) is 14.0 Å². The SMILES string of the molecule is CCC(=O)C1=C(c2ccc(F)cc2)CC2CC(O)C1N2C. The van der Waals surface area contributed by atoms with Crippen molar-refractivity contribution in [3.63, 3.8) is 0 Å². The van der Waals surface area contributed by atoms with Gasteiger partial charge in [0.25, 0.3) is 0 Å². The highest BCUT2D eigenvalue weighted by Crippen LogP contribution is 2.42. The molecule has 2 heterocycles. The number of benzene rings is 1. The van der Waals surface area contributed by atoms with E-state index in [1.54, 1.807) is 12.1 Å². The smallest absolute Gasteiger partial charge is 0.160 e. The highest BCUT2D eigenvalue weighted by molar-refractivity contribution is 6.04. The number of carbonyl (C=O) groups excluding carboxylic acids is 1. The van der Waals surface area contributed by atoms with Gasteiger partial charge in [-0.1, -0.05) is 19.1 Å². The Hall–Kier alpha value is -1.52. The second-order valence-electron chi connectivity index (χ2n) is 5.95. The quantitative estimate of drug-likeness (QED) is 0.929. The number of Topliss-reactive ketones (excluding diaryl/α,β-unsaturated/α-hetero) is 1. The van der Waals surface area contributed by atoms with Gasteiger partial charge < -0.3 is 5.11 Å². The third-order valence-corrected chi connectivity index (χ3v) is 4.77. The minimum Gasteiger partial charge on any atom is -0.391 e. The van der Waals surface area contributed by atoms with E-state index < -0.39 is 6.10 Å². The van der Waals surface area contributed by atoms with Gasteiger partial charge in [-0.3, -0.25) is 9.69 Å². The molecule has 3 atom stereocenters. The van der Waals surface area contributed by atoms with E-state index in [0.29, 0.717) is 18.4 Å². The summed E-state index contributed by atoms with van der Waals surface area (Å²) in [5.74, 6) is -0.204. The van der Waals surface area contributed by atoms with Crippen LogP contribution in [-0.4, -0.2) is 41.0 Å². The lowest BCUT2D eigenvalue weighted by atomic mass is 9.85. The highest BCUT2D eigenvalue weighted by Gasteiger charge is 2.46. The molecule has 1 N–H and O–H groups in total. The molecular formula is C17H20FNO2. The Morgan fingerprint density at radius 3 is 2.67 bits per heavy atom. The van der Waals surface area contributed by atoms with Crippen molar-refractivity contribution < 1.29 is 14.3 Å². The van der Waals surface area contributed by atoms with Crippen LogP contribution in [0.4, 0.5) is 4.39 Å². The predicted octanol–water partition coefficient (Wildman–Crippen LogP) is 2.40. The monoisotopic (exact) mass is 289 g/mol. The zero-order chi connectivity index (χ0) is 15.1. The Morgan fingerprint density at radius 2 is 2.05 bits per heavy atom. The zero-order valence-corrected chi connectivity index (χ0v) is 12.3. The zero-order valence-electron chi connectivity index (χ0n) is 12.3. The number of likely N-dealkylation sites (N-methyl/N-ethyl adjacent to an activating group) is 1. The number of hydrogen-bond donors (Lipinski definition) is 1. The lowest BCUT2D eigenvalue weighted by molar-refractivity contribution is -0.116. The summed E-state index contributed by atoms with van der Waals surface area (Å²) in [6, 6.07) is 6.32. The largest absolute Gasteiger partial charge is 0.391 e. The van der Waals surface area contributed by atoms with Crippen molar-refractivity contribution in [1.82, 2.24) is 4.90 Å². The molecule has 0 radical (unpaired) electrons. The van der Waals surface area contributed by atoms with Gasteiger partial charge in [-0.25, -0.2) is 4.39 Å². The summed E-state index contributed by atoms with van der Waals surface area (Å²) < 4.78 is 13.1. The Kier molecular flexibility index (Phi) is 3.68. The molecule has 112 valence electrons. The van der Waals surface area contributed by atoms with Crippen molar-refractivity contribution in [3.8, 4) is 0 Å². The Bertz CT molecular complexity index is 593. The van der Waals surface area contributed by atoms with Gasteiger partial charge >= 0.3 is 0 Å². The second-order valence-corrected chi connectivity index (χ2v) is 5.95. The average molecular weight is 289 g/mol. The summed E-state index contributed by atoms with van der Waals surface area (Å²) in [4.78, 5) is 14.5. The number of aliphatic hydroxyl groups excluding tert-OH is 1. The molecule has 1 saturated heterocycles. The molecule has 1 aromatic rings. The fourth-order valence-corrected chi connectivity index (χ4v) is 3.67. The average Bonchev–Trinajstić information content (AvgIpc) is 2.66. The number of nitrogens with zero attached hydrogens (tertiary/aromatic N) is 1. The second kappa shape index (κ2) is 5.35. The van der Waals surface area contributed by atoms with E-state index in [-0.39, 0.29) is 23.7 Å². The first-order valence-corrected chi connectivity index (χ1v) is 7.45. The van der Waals surface area contributed by atoms with Crippen LogP contribution in [0, 0.1) is 5.82 Å². The molecular weight excluding hydrogens is 269 g/mol. The van der Waals surface area contributed by atoms with Gasteiger partial charge in [0.15, 0.2) is 5.78 Å². The van der Waals surface area contributed by atoms with Crippen LogP contribution in [0.5, 0.6) is 0 Å². The number of carbonyl (C=O) groups is 1. The van der Waals surface area contributed by atoms with Gasteiger partial charge in [0.05, 0.1) is 12.1 Å². The Balaban J connectivity index is 2.13. The number of hydrogen-bond acceptors (Lipinski definition) is 3. The summed E-state index contributed by atoms with van der Waals surface area (Å²) >= 11 is 0. The van der Waals surface area contributed by atoms with Crippen molar-refractivity contribution in [2.45, 2.75) is 44.4 Å². The molecule has 4 heteroatoms. The fourth-order valence-electron chi connectivity index (χ4n) is 3.67. The van der Waals surface area contributed by atoms with Gasteiger partial charge in [-0.2, -0.15) is 0 Å². The van der Waals surface area contributed by atoms with Gasteiger partial charge in [0.1, 0.15) is 5.82 Å². The van der Waals surface area contributed by atoms with Gasteiger partial charge in [-0.05, 0) is 43.2 Å². The third kappa shape index (κ3) is 2.32. The number of rotatable bonds is 3. The maximum atomic E-state index is 13.1. The van der Waals surface area contributed by atoms with Crippen LogP contribution >= 0.6 is 0 Å². The topological polar surface area (TPSA) is 40.5 Å². The molecule has 0 spiro atoms. The summed E-state index contributed by atoms with van der Waals surface area (Å²) in [5.41, 5.74) is 2.59. The lowest BCUT2D eigenvalue weighted by Crippen LogP contribution is -2.43. The molecule has 0 saturated carbocycles. The van der Waals surface area contributed by atoms with Crippen LogP contribution in [0.1, 0.15) is 31.7 Å². The Morgan fingerprint density at radius 1 is 1.38 bits per heavy atom. The number of fused-ring (bicyclic) bond motifs is 2. The van der Waals surface area contributed by atoms with Crippen molar-refractivity contribution in [1.29, 1.82) is 0 Å². The van der Waals surface area contributed by atoms with Crippen molar-refractivity contribution in [3.05, 3.63) is 41.2 Å². The van der Waals surface area contributed by atoms with E-state index in [0.717, 1.165) is 17.6 Å². The van der Waals surface area contributed by atoms with Crippen LogP contribution < -0.4 is 0 Å². The molecule has 3 nitrogen and oxygen atoms in total. The molecule has 21 heavy (non-hydrogen) atoms. The predicted molar refractivity (Wildman–Crippen MR) is 79.2 cm³/mol. The fraction of sp³-hybridized carbons (Fsp3) is 0.471. The molecule has 0 aromatic heterocycles. The molecule has 3 unspecified atom stereocenters. The van der Waals surface area contributed by atoms with Gasteiger partial charge in [0.2, 0.25) is 0 Å². The van der Waals surface area contributed by atoms with Crippen LogP contribution in [-0.2, 0) is 4.79 Å². The lowest BCUT2D eigenvalue weighted by Gasteiger charge is -2.35. The summed E-state index contributed by atoms with van der Waals surface area (Å²) in [6.07, 6.45) is 1.34. The third-order valence-electron chi connectivity index (χ3n) is 4.77. The van der Waals surface area contributed by atoms with Crippen LogP contribution in [0.15, 0.2) is 29.8 Å². The Labute approximate surface area is 124 Å². The highest BCUT2D eigenvalue weighted by atomic mass is 19.1. The first kappa shape index (κ1) is 14.4. The normalized spacial score (nSPS) is 29.0. The summed E-state index contributed by atoms with van der Waals surface area (Å²) in [5, 5.41) is 10.3. The standard InChI is InChI=1S/C17H20FNO2/c1-3-14(20)16-13(10-4-6-11(18)7-5-10)8-12-9-15(21)17(16)19(12)2/h4-7,12,15,17,21H,3,8-9H2,1-2H3. The van der Waals surface area contributed by atoms with Gasteiger partial charge in [-0.15, -0.1) is 0 Å². The first-order chi connectivity index (χ1) is 10.0. The van der Waals surface area contributed by atoms with Crippen LogP contribution in [0.2, 0.25) is 0 Å². The van der Waals surface area contributed by atoms with Gasteiger partial charge in [0, 0.05) is 18.0 Å². The maximum Gasteiger partial charge on any atom is 0.160 e. The molecule has 0 amide bonds. The van der Waals surface area contributed by atoms with Crippen LogP contribution in [0.25, 0.3) is 5.57 Å². The van der Waals surface area contributed by atoms with E-state index in [9.17, 15) is 14.3 Å². The molecule has 3 rings (SSSR count). The van der Waals surface area contributed by atoms with E-state index >= 15 is 0 Å². The van der Waals surface area contributed by atoms with Crippen LogP contribution in [0.3, 0.4) is 0 Å². The maximum absolute atomic E-state index is 13.1. The molecule has 2 aliphatic heterocycles. The summed E-state index contributed by atoms with van der Waals surface area (Å²) in [7, 11) is 1.97. The van der Waals surface area contributed by atoms with E-state index in [1.165, 1.54) is 12.1 Å². The molecule has 1 fully saturated rings. The first-order valence-electron chi connectivity index (χ1n) is 7.45. The molecule has 2 aliphatic rings. The van der Waals surface area contributed by atoms with E-state index in [4.69, 9.17) is 0 Å². The number of halogens is 1. The molecule has 2 bridgehead atoms. The molecule has 0 aliphatic carbocycles. The minimum absolute atomic E-state index is 0.0746. The number of ketones is 1. The van der Waals surface area contributed by atoms with E-state index in [2.05, 4.69) is 4.90 Å². The summed E-state index contributed by atoms with van der Waals surface area (Å²) in [6.45, 7) is 1.84.